The minimum Gasteiger partial charge on any atom is -0.486 e. The third kappa shape index (κ3) is 3.45. The lowest BCUT2D eigenvalue weighted by molar-refractivity contribution is -0.118. The maximum absolute atomic E-state index is 12.3. The summed E-state index contributed by atoms with van der Waals surface area (Å²) in [7, 11) is 0. The van der Waals surface area contributed by atoms with Crippen LogP contribution in [0.5, 0.6) is 17.2 Å². The smallest absolute Gasteiger partial charge is 0.262 e. The molecule has 1 aliphatic heterocycles. The van der Waals surface area contributed by atoms with E-state index in [0.29, 0.717) is 53.2 Å². The fourth-order valence-electron chi connectivity index (χ4n) is 3.41. The molecule has 6 nitrogen and oxygen atoms in total. The number of hydrogen-bond acceptors (Lipinski definition) is 5. The first-order valence-electron chi connectivity index (χ1n) is 8.71. The molecule has 0 radical (unpaired) electrons. The predicted octanol–water partition coefficient (Wildman–Crippen LogP) is 3.82. The number of benzene rings is 2. The molecule has 1 amide bonds. The number of rotatable bonds is 4. The summed E-state index contributed by atoms with van der Waals surface area (Å²) in [5, 5.41) is 3.30. The van der Waals surface area contributed by atoms with Crippen molar-refractivity contribution in [1.82, 2.24) is 0 Å². The van der Waals surface area contributed by atoms with Gasteiger partial charge in [0.2, 0.25) is 0 Å². The van der Waals surface area contributed by atoms with Gasteiger partial charge in [0.1, 0.15) is 19.0 Å². The molecule has 2 aromatic rings. The molecule has 7 heteroatoms. The number of nitrogens with one attached hydrogen (secondary N) is 1. The van der Waals surface area contributed by atoms with E-state index in [1.807, 2.05) is 6.92 Å². The van der Waals surface area contributed by atoms with Crippen LogP contribution in [0.3, 0.4) is 0 Å². The minimum atomic E-state index is -0.339. The average molecular weight is 388 g/mol. The van der Waals surface area contributed by atoms with E-state index in [9.17, 15) is 9.59 Å². The first-order valence-corrected chi connectivity index (χ1v) is 9.08. The van der Waals surface area contributed by atoms with Gasteiger partial charge in [0.05, 0.1) is 5.56 Å². The van der Waals surface area contributed by atoms with Crippen molar-refractivity contribution in [2.45, 2.75) is 19.3 Å². The molecule has 4 rings (SSSR count). The van der Waals surface area contributed by atoms with Crippen molar-refractivity contribution < 1.29 is 23.8 Å². The topological polar surface area (TPSA) is 73.9 Å². The number of carbonyl (C=O) groups is 2. The van der Waals surface area contributed by atoms with Crippen LogP contribution in [0.15, 0.2) is 30.3 Å². The fourth-order valence-corrected chi connectivity index (χ4v) is 3.75. The third-order valence-electron chi connectivity index (χ3n) is 4.60. The van der Waals surface area contributed by atoms with Crippen molar-refractivity contribution >= 4 is 29.0 Å². The summed E-state index contributed by atoms with van der Waals surface area (Å²) in [6, 6.07) is 8.52. The lowest BCUT2D eigenvalue weighted by Gasteiger charge is -2.19. The van der Waals surface area contributed by atoms with Gasteiger partial charge < -0.3 is 19.5 Å². The summed E-state index contributed by atoms with van der Waals surface area (Å²) in [5.74, 6) is 1.34. The molecule has 0 fully saturated rings. The Bertz CT molecular complexity index is 927. The number of hydrogen-bond donors (Lipinski definition) is 1. The SMILES string of the molecule is C[C@H]1CC(=O)c2c(OCC(=O)Nc3ccc4c(c3)OCCO4)ccc(Cl)c21. The fraction of sp³-hybridized carbons (Fsp3) is 0.300. The van der Waals surface area contributed by atoms with E-state index < -0.39 is 0 Å². The summed E-state index contributed by atoms with van der Waals surface area (Å²) >= 11 is 6.22. The van der Waals surface area contributed by atoms with Gasteiger partial charge in [0, 0.05) is 23.2 Å². The first kappa shape index (κ1) is 17.7. The van der Waals surface area contributed by atoms with Crippen LogP contribution in [0.4, 0.5) is 5.69 Å². The Kier molecular flexibility index (Phi) is 4.66. The van der Waals surface area contributed by atoms with Gasteiger partial charge in [-0.15, -0.1) is 0 Å². The number of amides is 1. The molecule has 27 heavy (non-hydrogen) atoms. The summed E-state index contributed by atoms with van der Waals surface area (Å²) in [6.07, 6.45) is 0.402. The molecule has 1 heterocycles. The molecule has 2 aliphatic rings. The molecule has 1 aliphatic carbocycles. The van der Waals surface area contributed by atoms with E-state index in [4.69, 9.17) is 25.8 Å². The van der Waals surface area contributed by atoms with E-state index >= 15 is 0 Å². The maximum Gasteiger partial charge on any atom is 0.262 e. The zero-order valence-electron chi connectivity index (χ0n) is 14.7. The van der Waals surface area contributed by atoms with Gasteiger partial charge in [-0.2, -0.15) is 0 Å². The molecule has 0 saturated heterocycles. The number of fused-ring (bicyclic) bond motifs is 2. The van der Waals surface area contributed by atoms with Crippen LogP contribution in [0.1, 0.15) is 35.2 Å². The van der Waals surface area contributed by atoms with E-state index in [1.165, 1.54) is 0 Å². The normalized spacial score (nSPS) is 17.4. The van der Waals surface area contributed by atoms with Crippen molar-refractivity contribution in [3.8, 4) is 17.2 Å². The minimum absolute atomic E-state index is 0.0118. The van der Waals surface area contributed by atoms with Crippen LogP contribution in [-0.2, 0) is 4.79 Å². The monoisotopic (exact) mass is 387 g/mol. The number of ketones is 1. The zero-order valence-corrected chi connectivity index (χ0v) is 15.5. The average Bonchev–Trinajstić information content (AvgIpc) is 2.96. The van der Waals surface area contributed by atoms with Crippen molar-refractivity contribution in [1.29, 1.82) is 0 Å². The van der Waals surface area contributed by atoms with Gasteiger partial charge in [0.25, 0.3) is 5.91 Å². The molecule has 140 valence electrons. The molecule has 0 spiro atoms. The lowest BCUT2D eigenvalue weighted by atomic mass is 10.0. The van der Waals surface area contributed by atoms with Gasteiger partial charge >= 0.3 is 0 Å². The zero-order chi connectivity index (χ0) is 19.0. The second-order valence-corrected chi connectivity index (χ2v) is 6.97. The van der Waals surface area contributed by atoms with E-state index in [-0.39, 0.29) is 24.2 Å². The van der Waals surface area contributed by atoms with Crippen molar-refractivity contribution in [3.05, 3.63) is 46.5 Å². The third-order valence-corrected chi connectivity index (χ3v) is 4.93. The second-order valence-electron chi connectivity index (χ2n) is 6.56. The summed E-state index contributed by atoms with van der Waals surface area (Å²) in [6.45, 7) is 2.72. The molecule has 0 bridgehead atoms. The highest BCUT2D eigenvalue weighted by atomic mass is 35.5. The summed E-state index contributed by atoms with van der Waals surface area (Å²) < 4.78 is 16.6. The van der Waals surface area contributed by atoms with Crippen LogP contribution >= 0.6 is 11.6 Å². The Labute approximate surface area is 161 Å². The molecule has 0 aromatic heterocycles. The standard InChI is InChI=1S/C20H18ClNO5/c1-11-8-14(23)20-16(5-3-13(21)19(11)20)27-10-18(24)22-12-2-4-15-17(9-12)26-7-6-25-15/h2-5,9,11H,6-8,10H2,1H3,(H,22,24)/t11-/m0/s1. The lowest BCUT2D eigenvalue weighted by Crippen LogP contribution is -2.21. The summed E-state index contributed by atoms with van der Waals surface area (Å²) in [4.78, 5) is 24.5. The van der Waals surface area contributed by atoms with E-state index in [0.717, 1.165) is 5.56 Å². The quantitative estimate of drug-likeness (QED) is 0.863. The number of carbonyl (C=O) groups excluding carboxylic acids is 2. The number of anilines is 1. The Hall–Kier alpha value is -2.73. The first-order chi connectivity index (χ1) is 13.0. The molecular formula is C20H18ClNO5. The largest absolute Gasteiger partial charge is 0.486 e. The van der Waals surface area contributed by atoms with E-state index in [2.05, 4.69) is 5.32 Å². The highest BCUT2D eigenvalue weighted by molar-refractivity contribution is 6.32. The Morgan fingerprint density at radius 2 is 2.00 bits per heavy atom. The maximum atomic E-state index is 12.3. The van der Waals surface area contributed by atoms with Crippen molar-refractivity contribution in [2.24, 2.45) is 0 Å². The second kappa shape index (κ2) is 7.12. The predicted molar refractivity (Wildman–Crippen MR) is 100 cm³/mol. The van der Waals surface area contributed by atoms with Crippen LogP contribution in [-0.4, -0.2) is 31.5 Å². The van der Waals surface area contributed by atoms with Gasteiger partial charge in [-0.05, 0) is 35.7 Å². The highest BCUT2D eigenvalue weighted by Gasteiger charge is 2.32. The van der Waals surface area contributed by atoms with Crippen LogP contribution in [0, 0.1) is 0 Å². The van der Waals surface area contributed by atoms with Crippen molar-refractivity contribution in [2.75, 3.05) is 25.1 Å². The van der Waals surface area contributed by atoms with Gasteiger partial charge in [-0.3, -0.25) is 9.59 Å². The molecule has 0 unspecified atom stereocenters. The van der Waals surface area contributed by atoms with Crippen molar-refractivity contribution in [3.63, 3.8) is 0 Å². The number of ether oxygens (including phenoxy) is 3. The molecule has 2 aromatic carbocycles. The Morgan fingerprint density at radius 1 is 1.22 bits per heavy atom. The van der Waals surface area contributed by atoms with Crippen LogP contribution < -0.4 is 19.5 Å². The van der Waals surface area contributed by atoms with Gasteiger partial charge in [0.15, 0.2) is 23.9 Å². The molecular weight excluding hydrogens is 370 g/mol. The van der Waals surface area contributed by atoms with E-state index in [1.54, 1.807) is 30.3 Å². The molecule has 1 N–H and O–H groups in total. The number of halogens is 1. The van der Waals surface area contributed by atoms with Gasteiger partial charge in [-0.25, -0.2) is 0 Å². The summed E-state index contributed by atoms with van der Waals surface area (Å²) in [5.41, 5.74) is 1.87. The van der Waals surface area contributed by atoms with Crippen LogP contribution in [0.2, 0.25) is 5.02 Å². The highest BCUT2D eigenvalue weighted by Crippen LogP contribution is 2.42. The van der Waals surface area contributed by atoms with Crippen LogP contribution in [0.25, 0.3) is 0 Å². The number of Topliss-reactive ketones (excluding diaryl/α,β-unsaturated/α-hetero) is 1. The molecule has 0 saturated carbocycles. The Morgan fingerprint density at radius 3 is 2.81 bits per heavy atom. The van der Waals surface area contributed by atoms with Gasteiger partial charge in [-0.1, -0.05) is 18.5 Å². The Balaban J connectivity index is 1.44. The molecule has 1 atom stereocenters.